The second-order valence-electron chi connectivity index (χ2n) is 3.74. The zero-order chi connectivity index (χ0) is 9.42. The first-order valence-corrected chi connectivity index (χ1v) is 4.65. The molecule has 0 aliphatic heterocycles. The SMILES string of the molecule is C[C@@H]1c2ccc(F)cc2CC[C@@H]1O. The summed E-state index contributed by atoms with van der Waals surface area (Å²) in [6, 6.07) is 4.84. The predicted octanol–water partition coefficient (Wildman–Crippen LogP) is 2.24. The smallest absolute Gasteiger partial charge is 0.123 e. The molecule has 1 nitrogen and oxygen atoms in total. The van der Waals surface area contributed by atoms with Crippen LogP contribution in [0.3, 0.4) is 0 Å². The molecule has 1 aliphatic rings. The van der Waals surface area contributed by atoms with Crippen LogP contribution in [0.25, 0.3) is 0 Å². The molecule has 0 unspecified atom stereocenters. The first-order valence-electron chi connectivity index (χ1n) is 4.65. The summed E-state index contributed by atoms with van der Waals surface area (Å²) in [7, 11) is 0. The van der Waals surface area contributed by atoms with Gasteiger partial charge in [0.15, 0.2) is 0 Å². The van der Waals surface area contributed by atoms with E-state index in [-0.39, 0.29) is 17.8 Å². The van der Waals surface area contributed by atoms with Crippen LogP contribution in [0.15, 0.2) is 18.2 Å². The van der Waals surface area contributed by atoms with E-state index in [4.69, 9.17) is 0 Å². The Morgan fingerprint density at radius 1 is 1.46 bits per heavy atom. The molecule has 13 heavy (non-hydrogen) atoms. The van der Waals surface area contributed by atoms with Crippen molar-refractivity contribution in [1.82, 2.24) is 0 Å². The highest BCUT2D eigenvalue weighted by Crippen LogP contribution is 2.31. The van der Waals surface area contributed by atoms with Crippen LogP contribution in [0.4, 0.5) is 4.39 Å². The Hall–Kier alpha value is -0.890. The van der Waals surface area contributed by atoms with Gasteiger partial charge in [-0.3, -0.25) is 0 Å². The molecule has 0 saturated carbocycles. The number of hydrogen-bond acceptors (Lipinski definition) is 1. The monoisotopic (exact) mass is 180 g/mol. The standard InChI is InChI=1S/C11H13FO/c1-7-10-4-3-9(12)6-8(10)2-5-11(7)13/h3-4,6-7,11,13H,2,5H2,1H3/t7-,11+/m1/s1. The van der Waals surface area contributed by atoms with Gasteiger partial charge in [-0.05, 0) is 36.1 Å². The number of rotatable bonds is 0. The van der Waals surface area contributed by atoms with E-state index in [0.29, 0.717) is 0 Å². The summed E-state index contributed by atoms with van der Waals surface area (Å²) >= 11 is 0. The molecular formula is C11H13FO. The van der Waals surface area contributed by atoms with Gasteiger partial charge in [-0.2, -0.15) is 0 Å². The molecule has 0 bridgehead atoms. The summed E-state index contributed by atoms with van der Waals surface area (Å²) in [5.41, 5.74) is 2.15. The highest BCUT2D eigenvalue weighted by molar-refractivity contribution is 5.33. The fourth-order valence-corrected chi connectivity index (χ4v) is 2.00. The summed E-state index contributed by atoms with van der Waals surface area (Å²) in [5, 5.41) is 9.60. The van der Waals surface area contributed by atoms with E-state index >= 15 is 0 Å². The van der Waals surface area contributed by atoms with Crippen LogP contribution in [0, 0.1) is 5.82 Å². The molecule has 2 rings (SSSR count). The van der Waals surface area contributed by atoms with Gasteiger partial charge >= 0.3 is 0 Å². The Kier molecular flexibility index (Phi) is 2.08. The maximum absolute atomic E-state index is 12.9. The van der Waals surface area contributed by atoms with Gasteiger partial charge in [-0.15, -0.1) is 0 Å². The van der Waals surface area contributed by atoms with Crippen LogP contribution in [-0.2, 0) is 6.42 Å². The lowest BCUT2D eigenvalue weighted by Gasteiger charge is -2.27. The zero-order valence-corrected chi connectivity index (χ0v) is 7.63. The number of aliphatic hydroxyl groups excluding tert-OH is 1. The number of aryl methyl sites for hydroxylation is 1. The molecule has 2 heteroatoms. The highest BCUT2D eigenvalue weighted by Gasteiger charge is 2.24. The maximum atomic E-state index is 12.9. The molecular weight excluding hydrogens is 167 g/mol. The zero-order valence-electron chi connectivity index (χ0n) is 7.63. The van der Waals surface area contributed by atoms with Crippen LogP contribution in [0.1, 0.15) is 30.4 Å². The Morgan fingerprint density at radius 2 is 2.23 bits per heavy atom. The van der Waals surface area contributed by atoms with Crippen LogP contribution in [-0.4, -0.2) is 11.2 Å². The van der Waals surface area contributed by atoms with Crippen molar-refractivity contribution >= 4 is 0 Å². The number of halogens is 1. The Morgan fingerprint density at radius 3 is 3.00 bits per heavy atom. The Labute approximate surface area is 77.2 Å². The molecule has 0 spiro atoms. The van der Waals surface area contributed by atoms with Crippen molar-refractivity contribution < 1.29 is 9.50 Å². The molecule has 1 aliphatic carbocycles. The average Bonchev–Trinajstić information content (AvgIpc) is 2.12. The van der Waals surface area contributed by atoms with Crippen molar-refractivity contribution in [2.75, 3.05) is 0 Å². The first-order chi connectivity index (χ1) is 6.18. The maximum Gasteiger partial charge on any atom is 0.123 e. The van der Waals surface area contributed by atoms with Crippen molar-refractivity contribution in [1.29, 1.82) is 0 Å². The van der Waals surface area contributed by atoms with Crippen molar-refractivity contribution in [3.63, 3.8) is 0 Å². The van der Waals surface area contributed by atoms with Gasteiger partial charge in [0.25, 0.3) is 0 Å². The number of hydrogen-bond donors (Lipinski definition) is 1. The van der Waals surface area contributed by atoms with Crippen LogP contribution in [0.2, 0.25) is 0 Å². The van der Waals surface area contributed by atoms with Crippen molar-refractivity contribution in [2.45, 2.75) is 31.8 Å². The van der Waals surface area contributed by atoms with Gasteiger partial charge in [0, 0.05) is 5.92 Å². The predicted molar refractivity (Wildman–Crippen MR) is 49.1 cm³/mol. The third-order valence-corrected chi connectivity index (χ3v) is 2.88. The van der Waals surface area contributed by atoms with Gasteiger partial charge in [-0.25, -0.2) is 4.39 Å². The van der Waals surface area contributed by atoms with Crippen LogP contribution in [0.5, 0.6) is 0 Å². The lowest BCUT2D eigenvalue weighted by atomic mass is 9.82. The topological polar surface area (TPSA) is 20.2 Å². The van der Waals surface area contributed by atoms with Gasteiger partial charge < -0.3 is 5.11 Å². The van der Waals surface area contributed by atoms with E-state index in [1.165, 1.54) is 6.07 Å². The summed E-state index contributed by atoms with van der Waals surface area (Å²) in [6.07, 6.45) is 1.27. The van der Waals surface area contributed by atoms with Crippen molar-refractivity contribution in [3.05, 3.63) is 35.1 Å². The first kappa shape index (κ1) is 8.70. The second kappa shape index (κ2) is 3.11. The van der Waals surface area contributed by atoms with Gasteiger partial charge in [-0.1, -0.05) is 13.0 Å². The largest absolute Gasteiger partial charge is 0.392 e. The van der Waals surface area contributed by atoms with Crippen LogP contribution < -0.4 is 0 Å². The fraction of sp³-hybridized carbons (Fsp3) is 0.455. The lowest BCUT2D eigenvalue weighted by Crippen LogP contribution is -2.23. The summed E-state index contributed by atoms with van der Waals surface area (Å²) in [6.45, 7) is 1.99. The average molecular weight is 180 g/mol. The number of fused-ring (bicyclic) bond motifs is 1. The van der Waals surface area contributed by atoms with Crippen molar-refractivity contribution in [2.24, 2.45) is 0 Å². The minimum absolute atomic E-state index is 0.143. The second-order valence-corrected chi connectivity index (χ2v) is 3.74. The molecule has 0 radical (unpaired) electrons. The molecule has 1 aromatic rings. The molecule has 1 N–H and O–H groups in total. The Balaban J connectivity index is 2.44. The van der Waals surface area contributed by atoms with E-state index in [9.17, 15) is 9.50 Å². The van der Waals surface area contributed by atoms with Crippen molar-refractivity contribution in [3.8, 4) is 0 Å². The molecule has 0 fully saturated rings. The molecule has 0 heterocycles. The fourth-order valence-electron chi connectivity index (χ4n) is 2.00. The third-order valence-electron chi connectivity index (χ3n) is 2.88. The molecule has 0 amide bonds. The highest BCUT2D eigenvalue weighted by atomic mass is 19.1. The van der Waals surface area contributed by atoms with E-state index < -0.39 is 0 Å². The van der Waals surface area contributed by atoms with Gasteiger partial charge in [0.2, 0.25) is 0 Å². The van der Waals surface area contributed by atoms with E-state index in [1.807, 2.05) is 6.92 Å². The van der Waals surface area contributed by atoms with Gasteiger partial charge in [0.05, 0.1) is 6.10 Å². The summed E-state index contributed by atoms with van der Waals surface area (Å²) in [5.74, 6) is -0.0355. The molecule has 70 valence electrons. The third kappa shape index (κ3) is 1.46. The number of benzene rings is 1. The number of aliphatic hydroxyl groups is 1. The minimum Gasteiger partial charge on any atom is -0.392 e. The summed E-state index contributed by atoms with van der Waals surface area (Å²) in [4.78, 5) is 0. The lowest BCUT2D eigenvalue weighted by molar-refractivity contribution is 0.132. The van der Waals surface area contributed by atoms with Crippen LogP contribution >= 0.6 is 0 Å². The molecule has 0 saturated heterocycles. The van der Waals surface area contributed by atoms with Gasteiger partial charge in [0.1, 0.15) is 5.82 Å². The molecule has 0 aromatic heterocycles. The Bertz CT molecular complexity index is 322. The summed E-state index contributed by atoms with van der Waals surface area (Å²) < 4.78 is 12.9. The minimum atomic E-state index is -0.266. The molecule has 2 atom stereocenters. The normalized spacial score (nSPS) is 27.0. The van der Waals surface area contributed by atoms with E-state index in [0.717, 1.165) is 24.0 Å². The van der Waals surface area contributed by atoms with E-state index in [2.05, 4.69) is 0 Å². The molecule has 1 aromatic carbocycles. The quantitative estimate of drug-likeness (QED) is 0.649. The van der Waals surface area contributed by atoms with E-state index in [1.54, 1.807) is 12.1 Å².